The van der Waals surface area contributed by atoms with Crippen LogP contribution in [0.15, 0.2) is 22.7 Å². The molecular formula is C14H14F2N2O2. The van der Waals surface area contributed by atoms with Crippen molar-refractivity contribution in [2.75, 3.05) is 5.32 Å². The molecule has 0 fully saturated rings. The molecule has 1 aromatic heterocycles. The van der Waals surface area contributed by atoms with Crippen molar-refractivity contribution in [3.8, 4) is 0 Å². The molecule has 0 atom stereocenters. The first kappa shape index (κ1) is 14.2. The van der Waals surface area contributed by atoms with Gasteiger partial charge in [-0.3, -0.25) is 4.79 Å². The van der Waals surface area contributed by atoms with Gasteiger partial charge in [0.1, 0.15) is 11.3 Å². The van der Waals surface area contributed by atoms with Gasteiger partial charge in [0.15, 0.2) is 11.6 Å². The lowest BCUT2D eigenvalue weighted by molar-refractivity contribution is 0.102. The Kier molecular flexibility index (Phi) is 3.83. The highest BCUT2D eigenvalue weighted by Crippen LogP contribution is 2.23. The predicted octanol–water partition coefficient (Wildman–Crippen LogP) is 3.64. The molecule has 1 N–H and O–H groups in total. The third-order valence-corrected chi connectivity index (χ3v) is 2.84. The van der Waals surface area contributed by atoms with E-state index in [1.54, 1.807) is 6.92 Å². The summed E-state index contributed by atoms with van der Waals surface area (Å²) >= 11 is 0. The standard InChI is InChI=1S/C14H14F2N2O2/c1-7(2)13-12(8(3)20-18-13)14(19)17-9-4-5-10(15)11(16)6-9/h4-7H,1-3H3,(H,17,19). The molecule has 6 heteroatoms. The second-order valence-corrected chi connectivity index (χ2v) is 4.74. The monoisotopic (exact) mass is 280 g/mol. The molecule has 1 aromatic carbocycles. The summed E-state index contributed by atoms with van der Waals surface area (Å²) in [5.74, 6) is -2.05. The largest absolute Gasteiger partial charge is 0.361 e. The molecule has 0 bridgehead atoms. The lowest BCUT2D eigenvalue weighted by Gasteiger charge is -2.07. The molecule has 2 aromatic rings. The van der Waals surface area contributed by atoms with E-state index in [0.717, 1.165) is 12.1 Å². The fourth-order valence-electron chi connectivity index (χ4n) is 1.83. The number of benzene rings is 1. The Bertz CT molecular complexity index is 651. The fourth-order valence-corrected chi connectivity index (χ4v) is 1.83. The summed E-state index contributed by atoms with van der Waals surface area (Å²) in [6.07, 6.45) is 0. The van der Waals surface area contributed by atoms with Gasteiger partial charge in [-0.05, 0) is 25.0 Å². The van der Waals surface area contributed by atoms with Crippen LogP contribution in [0.2, 0.25) is 0 Å². The van der Waals surface area contributed by atoms with E-state index in [-0.39, 0.29) is 11.6 Å². The molecule has 0 spiro atoms. The van der Waals surface area contributed by atoms with Crippen LogP contribution in [0.5, 0.6) is 0 Å². The maximum Gasteiger partial charge on any atom is 0.261 e. The van der Waals surface area contributed by atoms with Crippen molar-refractivity contribution in [3.63, 3.8) is 0 Å². The van der Waals surface area contributed by atoms with Gasteiger partial charge in [-0.2, -0.15) is 0 Å². The molecule has 0 aliphatic heterocycles. The number of rotatable bonds is 3. The predicted molar refractivity (Wildman–Crippen MR) is 69.6 cm³/mol. The van der Waals surface area contributed by atoms with Crippen molar-refractivity contribution in [3.05, 3.63) is 46.9 Å². The van der Waals surface area contributed by atoms with Crippen LogP contribution in [0.1, 0.15) is 41.6 Å². The van der Waals surface area contributed by atoms with Gasteiger partial charge in [0.05, 0.1) is 5.69 Å². The number of hydrogen-bond acceptors (Lipinski definition) is 3. The summed E-state index contributed by atoms with van der Waals surface area (Å²) in [7, 11) is 0. The molecule has 0 unspecified atom stereocenters. The number of carbonyl (C=O) groups excluding carboxylic acids is 1. The zero-order valence-corrected chi connectivity index (χ0v) is 11.3. The lowest BCUT2D eigenvalue weighted by atomic mass is 10.0. The van der Waals surface area contributed by atoms with Gasteiger partial charge in [-0.15, -0.1) is 0 Å². The molecule has 106 valence electrons. The second kappa shape index (κ2) is 5.40. The second-order valence-electron chi connectivity index (χ2n) is 4.74. The molecule has 2 rings (SSSR count). The first-order valence-corrected chi connectivity index (χ1v) is 6.12. The number of carbonyl (C=O) groups is 1. The van der Waals surface area contributed by atoms with E-state index in [2.05, 4.69) is 10.5 Å². The number of aromatic nitrogens is 1. The van der Waals surface area contributed by atoms with Crippen LogP contribution in [0.3, 0.4) is 0 Å². The van der Waals surface area contributed by atoms with Crippen LogP contribution < -0.4 is 5.32 Å². The smallest absolute Gasteiger partial charge is 0.261 e. The SMILES string of the molecule is Cc1onc(C(C)C)c1C(=O)Nc1ccc(F)c(F)c1. The summed E-state index contributed by atoms with van der Waals surface area (Å²) in [4.78, 5) is 12.2. The number of nitrogens with zero attached hydrogens (tertiary/aromatic N) is 1. The molecular weight excluding hydrogens is 266 g/mol. The third-order valence-electron chi connectivity index (χ3n) is 2.84. The van der Waals surface area contributed by atoms with Gasteiger partial charge in [-0.25, -0.2) is 8.78 Å². The lowest BCUT2D eigenvalue weighted by Crippen LogP contribution is -2.15. The van der Waals surface area contributed by atoms with E-state index in [1.807, 2.05) is 13.8 Å². The molecule has 0 aliphatic rings. The summed E-state index contributed by atoms with van der Waals surface area (Å²) in [5, 5.41) is 6.34. The van der Waals surface area contributed by atoms with E-state index < -0.39 is 17.5 Å². The maximum absolute atomic E-state index is 13.1. The molecule has 0 radical (unpaired) electrons. The third kappa shape index (κ3) is 2.68. The summed E-state index contributed by atoms with van der Waals surface area (Å²) < 4.78 is 30.9. The maximum atomic E-state index is 13.1. The highest BCUT2D eigenvalue weighted by atomic mass is 19.2. The van der Waals surface area contributed by atoms with Crippen molar-refractivity contribution in [1.29, 1.82) is 0 Å². The number of aryl methyl sites for hydroxylation is 1. The fraction of sp³-hybridized carbons (Fsp3) is 0.286. The van der Waals surface area contributed by atoms with Crippen LogP contribution in [0.4, 0.5) is 14.5 Å². The van der Waals surface area contributed by atoms with Gasteiger partial charge in [0.2, 0.25) is 0 Å². The van der Waals surface area contributed by atoms with Gasteiger partial charge < -0.3 is 9.84 Å². The zero-order chi connectivity index (χ0) is 14.9. The van der Waals surface area contributed by atoms with Crippen LogP contribution in [0.25, 0.3) is 0 Å². The van der Waals surface area contributed by atoms with Crippen LogP contribution in [-0.2, 0) is 0 Å². The van der Waals surface area contributed by atoms with Crippen molar-refractivity contribution in [2.24, 2.45) is 0 Å². The van der Waals surface area contributed by atoms with Gasteiger partial charge in [0, 0.05) is 11.8 Å². The van der Waals surface area contributed by atoms with Crippen molar-refractivity contribution in [2.45, 2.75) is 26.7 Å². The Balaban J connectivity index is 2.28. The van der Waals surface area contributed by atoms with Gasteiger partial charge >= 0.3 is 0 Å². The summed E-state index contributed by atoms with van der Waals surface area (Å²) in [6, 6.07) is 3.16. The molecule has 0 aliphatic carbocycles. The average Bonchev–Trinajstić information content (AvgIpc) is 2.76. The Morgan fingerprint density at radius 2 is 2.00 bits per heavy atom. The minimum atomic E-state index is -1.02. The molecule has 1 heterocycles. The van der Waals surface area contributed by atoms with E-state index in [4.69, 9.17) is 4.52 Å². The number of amides is 1. The van der Waals surface area contributed by atoms with E-state index >= 15 is 0 Å². The molecule has 20 heavy (non-hydrogen) atoms. The summed E-state index contributed by atoms with van der Waals surface area (Å²) in [6.45, 7) is 5.39. The Hall–Kier alpha value is -2.24. The number of nitrogens with one attached hydrogen (secondary N) is 1. The number of halogens is 2. The topological polar surface area (TPSA) is 55.1 Å². The van der Waals surface area contributed by atoms with Crippen molar-refractivity contribution in [1.82, 2.24) is 5.16 Å². The van der Waals surface area contributed by atoms with Crippen molar-refractivity contribution >= 4 is 11.6 Å². The Morgan fingerprint density at radius 1 is 1.30 bits per heavy atom. The number of hydrogen-bond donors (Lipinski definition) is 1. The van der Waals surface area contributed by atoms with E-state index in [1.165, 1.54) is 6.07 Å². The Labute approximate surface area is 114 Å². The minimum absolute atomic E-state index is 0.0122. The first-order valence-electron chi connectivity index (χ1n) is 6.12. The number of anilines is 1. The first-order chi connectivity index (χ1) is 9.40. The van der Waals surface area contributed by atoms with E-state index in [0.29, 0.717) is 17.0 Å². The quantitative estimate of drug-likeness (QED) is 0.933. The minimum Gasteiger partial charge on any atom is -0.361 e. The van der Waals surface area contributed by atoms with Crippen LogP contribution in [-0.4, -0.2) is 11.1 Å². The van der Waals surface area contributed by atoms with Crippen molar-refractivity contribution < 1.29 is 18.1 Å². The van der Waals surface area contributed by atoms with Gasteiger partial charge in [0.25, 0.3) is 5.91 Å². The highest BCUT2D eigenvalue weighted by Gasteiger charge is 2.22. The van der Waals surface area contributed by atoms with Crippen LogP contribution >= 0.6 is 0 Å². The normalized spacial score (nSPS) is 10.9. The molecule has 4 nitrogen and oxygen atoms in total. The van der Waals surface area contributed by atoms with E-state index in [9.17, 15) is 13.6 Å². The molecule has 0 saturated heterocycles. The average molecular weight is 280 g/mol. The summed E-state index contributed by atoms with van der Waals surface area (Å²) in [5.41, 5.74) is 1.02. The van der Waals surface area contributed by atoms with Gasteiger partial charge in [-0.1, -0.05) is 19.0 Å². The molecule has 0 saturated carbocycles. The zero-order valence-electron chi connectivity index (χ0n) is 11.3. The Morgan fingerprint density at radius 3 is 2.60 bits per heavy atom. The highest BCUT2D eigenvalue weighted by molar-refractivity contribution is 6.05. The van der Waals surface area contributed by atoms with Crippen LogP contribution in [0, 0.1) is 18.6 Å². The molecule has 1 amide bonds.